The zero-order valence-electron chi connectivity index (χ0n) is 16.9. The molecule has 2 aromatic carbocycles. The summed E-state index contributed by atoms with van der Waals surface area (Å²) in [4.78, 5) is 16.7. The Hall–Kier alpha value is -2.86. The topological polar surface area (TPSA) is 61.6 Å². The second kappa shape index (κ2) is 10.1. The first kappa shape index (κ1) is 20.9. The number of nitrogens with zero attached hydrogens (tertiary/aromatic N) is 2. The summed E-state index contributed by atoms with van der Waals surface area (Å²) < 4.78 is 13.1. The molecule has 0 bridgehead atoms. The number of nitrogens with two attached hydrogens (primary N) is 1. The molecule has 1 amide bonds. The zero-order chi connectivity index (χ0) is 20.6. The highest BCUT2D eigenvalue weighted by Gasteiger charge is 2.28. The van der Waals surface area contributed by atoms with Crippen molar-refractivity contribution in [2.45, 2.75) is 38.8 Å². The van der Waals surface area contributed by atoms with Crippen LogP contribution < -0.4 is 11.1 Å². The largest absolute Gasteiger partial charge is 0.384 e. The van der Waals surface area contributed by atoms with Gasteiger partial charge in [-0.25, -0.2) is 4.39 Å². The van der Waals surface area contributed by atoms with Crippen molar-refractivity contribution < 1.29 is 9.18 Å². The molecule has 0 saturated carbocycles. The lowest BCUT2D eigenvalue weighted by molar-refractivity contribution is -0.131. The highest BCUT2D eigenvalue weighted by atomic mass is 19.1. The highest BCUT2D eigenvalue weighted by Crippen LogP contribution is 2.21. The molecular formula is C23H29FN4O. The second-order valence-corrected chi connectivity index (χ2v) is 7.33. The molecule has 1 saturated heterocycles. The van der Waals surface area contributed by atoms with Gasteiger partial charge in [0.05, 0.1) is 0 Å². The van der Waals surface area contributed by atoms with Gasteiger partial charge in [0.25, 0.3) is 0 Å². The summed E-state index contributed by atoms with van der Waals surface area (Å²) in [6.07, 6.45) is 3.78. The molecule has 0 aliphatic carbocycles. The maximum atomic E-state index is 13.1. The third-order valence-corrected chi connectivity index (χ3v) is 5.25. The van der Waals surface area contributed by atoms with E-state index in [2.05, 4.69) is 34.5 Å². The third kappa shape index (κ3) is 5.81. The van der Waals surface area contributed by atoms with Crippen LogP contribution in [0.4, 0.5) is 10.1 Å². The number of halogens is 1. The van der Waals surface area contributed by atoms with Gasteiger partial charge >= 0.3 is 0 Å². The molecule has 1 aliphatic heterocycles. The van der Waals surface area contributed by atoms with Gasteiger partial charge in [0, 0.05) is 44.0 Å². The van der Waals surface area contributed by atoms with E-state index in [-0.39, 0.29) is 17.8 Å². The van der Waals surface area contributed by atoms with Crippen molar-refractivity contribution in [2.24, 2.45) is 5.73 Å². The van der Waals surface area contributed by atoms with E-state index in [1.54, 1.807) is 23.2 Å². The van der Waals surface area contributed by atoms with Crippen LogP contribution in [0.2, 0.25) is 0 Å². The predicted molar refractivity (Wildman–Crippen MR) is 114 cm³/mol. The molecular weight excluding hydrogens is 367 g/mol. The van der Waals surface area contributed by atoms with E-state index < -0.39 is 0 Å². The van der Waals surface area contributed by atoms with Crippen LogP contribution in [-0.4, -0.2) is 34.8 Å². The van der Waals surface area contributed by atoms with E-state index in [0.717, 1.165) is 38.2 Å². The SMILES string of the molecule is CCC(=O)N(/C(N)=C/Nc1ccc(F)cc1)C1CCN(Cc2ccccc2)CC1. The molecule has 5 nitrogen and oxygen atoms in total. The number of piperidine rings is 1. The van der Waals surface area contributed by atoms with Gasteiger partial charge in [-0.2, -0.15) is 0 Å². The summed E-state index contributed by atoms with van der Waals surface area (Å²) in [5.74, 6) is 0.112. The Morgan fingerprint density at radius 2 is 1.83 bits per heavy atom. The molecule has 29 heavy (non-hydrogen) atoms. The molecule has 0 unspecified atom stereocenters. The summed E-state index contributed by atoms with van der Waals surface area (Å²) in [6.45, 7) is 4.62. The monoisotopic (exact) mass is 396 g/mol. The van der Waals surface area contributed by atoms with E-state index in [4.69, 9.17) is 5.73 Å². The average molecular weight is 397 g/mol. The van der Waals surface area contributed by atoms with E-state index >= 15 is 0 Å². The molecule has 1 heterocycles. The minimum absolute atomic E-state index is 0.0150. The van der Waals surface area contributed by atoms with Crippen LogP contribution in [0.5, 0.6) is 0 Å². The number of anilines is 1. The minimum Gasteiger partial charge on any atom is -0.384 e. The number of rotatable bonds is 7. The van der Waals surface area contributed by atoms with E-state index in [9.17, 15) is 9.18 Å². The van der Waals surface area contributed by atoms with Crippen LogP contribution in [-0.2, 0) is 11.3 Å². The van der Waals surface area contributed by atoms with Crippen LogP contribution in [0, 0.1) is 5.82 Å². The van der Waals surface area contributed by atoms with Gasteiger partial charge in [-0.1, -0.05) is 37.3 Å². The minimum atomic E-state index is -0.294. The lowest BCUT2D eigenvalue weighted by Crippen LogP contribution is -2.48. The fraction of sp³-hybridized carbons (Fsp3) is 0.348. The Kier molecular flexibility index (Phi) is 7.25. The zero-order valence-corrected chi connectivity index (χ0v) is 16.9. The van der Waals surface area contributed by atoms with Crippen LogP contribution >= 0.6 is 0 Å². The number of hydrogen-bond acceptors (Lipinski definition) is 4. The smallest absolute Gasteiger partial charge is 0.228 e. The molecule has 1 aliphatic rings. The van der Waals surface area contributed by atoms with Crippen LogP contribution in [0.15, 0.2) is 66.6 Å². The standard InChI is InChI=1S/C23H29FN4O/c1-2-23(29)28(22(25)16-26-20-10-8-19(24)9-11-20)21-12-14-27(15-13-21)17-18-6-4-3-5-7-18/h3-11,16,21,26H,2,12-15,17,25H2,1H3/b22-16+. The van der Waals surface area contributed by atoms with Crippen molar-refractivity contribution in [1.29, 1.82) is 0 Å². The first-order valence-corrected chi connectivity index (χ1v) is 10.1. The fourth-order valence-electron chi connectivity index (χ4n) is 3.68. The summed E-state index contributed by atoms with van der Waals surface area (Å²) in [5, 5.41) is 3.05. The molecule has 3 N–H and O–H groups in total. The van der Waals surface area contributed by atoms with Gasteiger partial charge in [-0.15, -0.1) is 0 Å². The molecule has 154 valence electrons. The molecule has 0 spiro atoms. The van der Waals surface area contributed by atoms with E-state index in [0.29, 0.717) is 12.2 Å². The lowest BCUT2D eigenvalue weighted by atomic mass is 10.0. The van der Waals surface area contributed by atoms with Crippen molar-refractivity contribution in [2.75, 3.05) is 18.4 Å². The van der Waals surface area contributed by atoms with Gasteiger partial charge in [0.1, 0.15) is 11.6 Å². The quantitative estimate of drug-likeness (QED) is 0.745. The normalized spacial score (nSPS) is 15.9. The number of benzene rings is 2. The fourth-order valence-corrected chi connectivity index (χ4v) is 3.68. The van der Waals surface area contributed by atoms with Crippen molar-refractivity contribution >= 4 is 11.6 Å². The number of carbonyl (C=O) groups is 1. The summed E-state index contributed by atoms with van der Waals surface area (Å²) in [7, 11) is 0. The van der Waals surface area contributed by atoms with Crippen LogP contribution in [0.1, 0.15) is 31.7 Å². The highest BCUT2D eigenvalue weighted by molar-refractivity contribution is 5.78. The molecule has 6 heteroatoms. The van der Waals surface area contributed by atoms with Crippen molar-refractivity contribution in [3.8, 4) is 0 Å². The second-order valence-electron chi connectivity index (χ2n) is 7.33. The molecule has 0 aromatic heterocycles. The van der Waals surface area contributed by atoms with Gasteiger partial charge in [0.2, 0.25) is 5.91 Å². The van der Waals surface area contributed by atoms with E-state index in [1.165, 1.54) is 17.7 Å². The maximum Gasteiger partial charge on any atom is 0.228 e. The number of nitrogens with one attached hydrogen (secondary N) is 1. The van der Waals surface area contributed by atoms with Gasteiger partial charge in [0.15, 0.2) is 0 Å². The van der Waals surface area contributed by atoms with Gasteiger partial charge in [-0.05, 0) is 42.7 Å². The Morgan fingerprint density at radius 1 is 1.17 bits per heavy atom. The number of amides is 1. The molecule has 3 rings (SSSR count). The number of carbonyl (C=O) groups excluding carboxylic acids is 1. The molecule has 1 fully saturated rings. The van der Waals surface area contributed by atoms with Crippen molar-refractivity contribution in [1.82, 2.24) is 9.80 Å². The first-order chi connectivity index (χ1) is 14.1. The van der Waals surface area contributed by atoms with Crippen LogP contribution in [0.25, 0.3) is 0 Å². The molecule has 2 aromatic rings. The van der Waals surface area contributed by atoms with E-state index in [1.807, 2.05) is 13.0 Å². The van der Waals surface area contributed by atoms with Crippen molar-refractivity contribution in [3.63, 3.8) is 0 Å². The van der Waals surface area contributed by atoms with Crippen molar-refractivity contribution in [3.05, 3.63) is 78.0 Å². The first-order valence-electron chi connectivity index (χ1n) is 10.1. The summed E-state index contributed by atoms with van der Waals surface area (Å²) >= 11 is 0. The predicted octanol–water partition coefficient (Wildman–Crippen LogP) is 3.90. The summed E-state index contributed by atoms with van der Waals surface area (Å²) in [6, 6.07) is 16.5. The Balaban J connectivity index is 1.62. The molecule has 0 radical (unpaired) electrons. The Labute approximate surface area is 172 Å². The van der Waals surface area contributed by atoms with Crippen LogP contribution in [0.3, 0.4) is 0 Å². The summed E-state index contributed by atoms with van der Waals surface area (Å²) in [5.41, 5.74) is 8.30. The third-order valence-electron chi connectivity index (χ3n) is 5.25. The Morgan fingerprint density at radius 3 is 2.45 bits per heavy atom. The van der Waals surface area contributed by atoms with Gasteiger partial charge < -0.3 is 11.1 Å². The molecule has 0 atom stereocenters. The van der Waals surface area contributed by atoms with Gasteiger partial charge in [-0.3, -0.25) is 14.6 Å². The maximum absolute atomic E-state index is 13.1. The average Bonchev–Trinajstić information content (AvgIpc) is 2.75. The number of likely N-dealkylation sites (tertiary alicyclic amines) is 1. The number of hydrogen-bond donors (Lipinski definition) is 2. The lowest BCUT2D eigenvalue weighted by Gasteiger charge is -2.38. The Bertz CT molecular complexity index is 815.